The first-order valence-electron chi connectivity index (χ1n) is 11.7. The summed E-state index contributed by atoms with van der Waals surface area (Å²) >= 11 is 5.72. The van der Waals surface area contributed by atoms with Gasteiger partial charge in [0.05, 0.1) is 13.2 Å². The Kier molecular flexibility index (Phi) is 12.7. The van der Waals surface area contributed by atoms with E-state index in [0.29, 0.717) is 0 Å². The van der Waals surface area contributed by atoms with Crippen LogP contribution in [0.2, 0.25) is 0 Å². The molecular formula is C26H39ClO2. The fraction of sp³-hybridized carbons (Fsp3) is 0.615. The molecule has 2 rings (SSSR count). The Hall–Kier alpha value is -1.41. The maximum absolute atomic E-state index is 6.11. The molecule has 29 heavy (non-hydrogen) atoms. The fourth-order valence-corrected chi connectivity index (χ4v) is 3.83. The molecule has 0 fully saturated rings. The maximum Gasteiger partial charge on any atom is 0.127 e. The normalized spacial score (nSPS) is 11.1. The van der Waals surface area contributed by atoms with Gasteiger partial charge in [0.15, 0.2) is 0 Å². The lowest BCUT2D eigenvalue weighted by Gasteiger charge is -2.13. The zero-order valence-corrected chi connectivity index (χ0v) is 19.0. The first-order chi connectivity index (χ1) is 14.4. The first-order valence-corrected chi connectivity index (χ1v) is 12.2. The van der Waals surface area contributed by atoms with Gasteiger partial charge in [0.2, 0.25) is 0 Å². The van der Waals surface area contributed by atoms with Gasteiger partial charge in [0, 0.05) is 16.7 Å². The number of rotatable bonds is 17. The number of benzene rings is 2. The molecule has 0 aliphatic rings. The van der Waals surface area contributed by atoms with E-state index in [4.69, 9.17) is 21.1 Å². The summed E-state index contributed by atoms with van der Waals surface area (Å²) in [6.45, 7) is 3.82. The second-order valence-corrected chi connectivity index (χ2v) is 8.26. The molecule has 0 aliphatic heterocycles. The minimum Gasteiger partial charge on any atom is -0.493 e. The van der Waals surface area contributed by atoms with Gasteiger partial charge in [0.1, 0.15) is 11.5 Å². The SMILES string of the molecule is CCCCCCCCOc1ccc(OCCCCCCCCCl)c2ccccc12. The Morgan fingerprint density at radius 2 is 1.03 bits per heavy atom. The Balaban J connectivity index is 1.77. The molecular weight excluding hydrogens is 380 g/mol. The molecule has 0 unspecified atom stereocenters. The second kappa shape index (κ2) is 15.4. The molecule has 0 amide bonds. The Morgan fingerprint density at radius 3 is 1.52 bits per heavy atom. The molecule has 2 nitrogen and oxygen atoms in total. The molecule has 0 atom stereocenters. The van der Waals surface area contributed by atoms with Crippen molar-refractivity contribution in [1.82, 2.24) is 0 Å². The quantitative estimate of drug-likeness (QED) is 0.189. The molecule has 0 aromatic heterocycles. The van der Waals surface area contributed by atoms with Gasteiger partial charge >= 0.3 is 0 Å². The topological polar surface area (TPSA) is 18.5 Å². The molecule has 2 aromatic rings. The van der Waals surface area contributed by atoms with Crippen molar-refractivity contribution in [3.63, 3.8) is 0 Å². The van der Waals surface area contributed by atoms with Crippen LogP contribution in [-0.2, 0) is 0 Å². The second-order valence-electron chi connectivity index (χ2n) is 7.88. The molecule has 162 valence electrons. The summed E-state index contributed by atoms with van der Waals surface area (Å²) in [5.74, 6) is 2.73. The van der Waals surface area contributed by atoms with Crippen molar-refractivity contribution in [1.29, 1.82) is 0 Å². The highest BCUT2D eigenvalue weighted by Gasteiger charge is 2.08. The summed E-state index contributed by atoms with van der Waals surface area (Å²) in [7, 11) is 0. The van der Waals surface area contributed by atoms with Crippen LogP contribution in [0, 0.1) is 0 Å². The van der Waals surface area contributed by atoms with Crippen LogP contribution in [0.5, 0.6) is 11.5 Å². The number of hydrogen-bond acceptors (Lipinski definition) is 2. The van der Waals surface area contributed by atoms with Crippen molar-refractivity contribution in [2.75, 3.05) is 19.1 Å². The molecule has 0 saturated heterocycles. The number of fused-ring (bicyclic) bond motifs is 1. The number of alkyl halides is 1. The van der Waals surface area contributed by atoms with Gasteiger partial charge in [-0.15, -0.1) is 11.6 Å². The minimum atomic E-state index is 0.775. The highest BCUT2D eigenvalue weighted by atomic mass is 35.5. The zero-order valence-electron chi connectivity index (χ0n) is 18.3. The van der Waals surface area contributed by atoms with Crippen LogP contribution >= 0.6 is 11.6 Å². The summed E-state index contributed by atoms with van der Waals surface area (Å²) in [5, 5.41) is 2.30. The highest BCUT2D eigenvalue weighted by molar-refractivity contribution is 6.17. The predicted molar refractivity (Wildman–Crippen MR) is 127 cm³/mol. The summed E-state index contributed by atoms with van der Waals surface area (Å²) < 4.78 is 12.2. The Morgan fingerprint density at radius 1 is 0.586 bits per heavy atom. The van der Waals surface area contributed by atoms with Gasteiger partial charge in [-0.2, -0.15) is 0 Å². The van der Waals surface area contributed by atoms with Crippen molar-refractivity contribution in [2.24, 2.45) is 0 Å². The van der Waals surface area contributed by atoms with Gasteiger partial charge in [0.25, 0.3) is 0 Å². The molecule has 0 N–H and O–H groups in total. The lowest BCUT2D eigenvalue weighted by Crippen LogP contribution is -2.00. The molecule has 0 radical (unpaired) electrons. The molecule has 0 bridgehead atoms. The van der Waals surface area contributed by atoms with E-state index in [-0.39, 0.29) is 0 Å². The summed E-state index contributed by atoms with van der Waals surface area (Å²) in [4.78, 5) is 0. The Bertz CT molecular complexity index is 671. The molecule has 0 heterocycles. The molecule has 0 aliphatic carbocycles. The predicted octanol–water partition coefficient (Wildman–Crippen LogP) is 8.54. The van der Waals surface area contributed by atoms with E-state index in [9.17, 15) is 0 Å². The van der Waals surface area contributed by atoms with Crippen molar-refractivity contribution >= 4 is 22.4 Å². The van der Waals surface area contributed by atoms with E-state index < -0.39 is 0 Å². The number of hydrogen-bond donors (Lipinski definition) is 0. The van der Waals surface area contributed by atoms with Crippen LogP contribution in [0.4, 0.5) is 0 Å². The van der Waals surface area contributed by atoms with E-state index in [0.717, 1.165) is 60.6 Å². The highest BCUT2D eigenvalue weighted by Crippen LogP contribution is 2.33. The third kappa shape index (κ3) is 9.30. The van der Waals surface area contributed by atoms with E-state index in [1.807, 2.05) is 0 Å². The molecule has 0 saturated carbocycles. The van der Waals surface area contributed by atoms with E-state index >= 15 is 0 Å². The lowest BCUT2D eigenvalue weighted by atomic mass is 10.1. The first kappa shape index (κ1) is 23.9. The standard InChI is InChI=1S/C26H39ClO2/c1-2-3-4-5-9-14-21-28-25-18-19-26(24-17-12-11-16-23(24)25)29-22-15-10-7-6-8-13-20-27/h11-12,16-19H,2-10,13-15,20-22H2,1H3. The maximum atomic E-state index is 6.11. The molecule has 2 aromatic carbocycles. The third-order valence-corrected chi connectivity index (χ3v) is 5.65. The zero-order chi connectivity index (χ0) is 20.6. The van der Waals surface area contributed by atoms with Gasteiger partial charge in [-0.05, 0) is 31.4 Å². The largest absolute Gasteiger partial charge is 0.493 e. The van der Waals surface area contributed by atoms with Crippen molar-refractivity contribution in [3.8, 4) is 11.5 Å². The fourth-order valence-electron chi connectivity index (χ4n) is 3.65. The average Bonchev–Trinajstić information content (AvgIpc) is 2.75. The molecule has 3 heteroatoms. The number of ether oxygens (including phenoxy) is 2. The summed E-state index contributed by atoms with van der Waals surface area (Å²) in [6.07, 6.45) is 14.9. The van der Waals surface area contributed by atoms with Crippen molar-refractivity contribution < 1.29 is 9.47 Å². The number of unbranched alkanes of at least 4 members (excludes halogenated alkanes) is 10. The van der Waals surface area contributed by atoms with Crippen LogP contribution < -0.4 is 9.47 Å². The van der Waals surface area contributed by atoms with E-state index in [1.165, 1.54) is 57.8 Å². The van der Waals surface area contributed by atoms with E-state index in [2.05, 4.69) is 43.3 Å². The van der Waals surface area contributed by atoms with Crippen LogP contribution in [0.25, 0.3) is 10.8 Å². The lowest BCUT2D eigenvalue weighted by molar-refractivity contribution is 0.301. The third-order valence-electron chi connectivity index (χ3n) is 5.39. The van der Waals surface area contributed by atoms with Gasteiger partial charge in [-0.3, -0.25) is 0 Å². The Labute approximate surface area is 182 Å². The average molecular weight is 419 g/mol. The van der Waals surface area contributed by atoms with Crippen molar-refractivity contribution in [3.05, 3.63) is 36.4 Å². The van der Waals surface area contributed by atoms with Crippen LogP contribution in [-0.4, -0.2) is 19.1 Å². The van der Waals surface area contributed by atoms with Gasteiger partial charge in [-0.1, -0.05) is 89.0 Å². The van der Waals surface area contributed by atoms with Crippen LogP contribution in [0.1, 0.15) is 84.0 Å². The van der Waals surface area contributed by atoms with Crippen molar-refractivity contribution in [2.45, 2.75) is 84.0 Å². The minimum absolute atomic E-state index is 0.775. The van der Waals surface area contributed by atoms with Crippen LogP contribution in [0.3, 0.4) is 0 Å². The molecule has 0 spiro atoms. The summed E-state index contributed by atoms with van der Waals surface area (Å²) in [5.41, 5.74) is 0. The van der Waals surface area contributed by atoms with E-state index in [1.54, 1.807) is 0 Å². The van der Waals surface area contributed by atoms with Crippen LogP contribution in [0.15, 0.2) is 36.4 Å². The van der Waals surface area contributed by atoms with Gasteiger partial charge < -0.3 is 9.47 Å². The summed E-state index contributed by atoms with van der Waals surface area (Å²) in [6, 6.07) is 12.6. The monoisotopic (exact) mass is 418 g/mol. The van der Waals surface area contributed by atoms with Gasteiger partial charge in [-0.25, -0.2) is 0 Å². The smallest absolute Gasteiger partial charge is 0.127 e. The number of halogens is 1.